The Bertz CT molecular complexity index is 510. The van der Waals surface area contributed by atoms with E-state index in [2.05, 4.69) is 9.98 Å². The van der Waals surface area contributed by atoms with Gasteiger partial charge in [0.05, 0.1) is 4.92 Å². The minimum Gasteiger partial charge on any atom is -0.384 e. The molecule has 1 aromatic rings. The zero-order valence-electron chi connectivity index (χ0n) is 10.6. The van der Waals surface area contributed by atoms with Gasteiger partial charge in [-0.25, -0.2) is 0 Å². The maximum Gasteiger partial charge on any atom is 0.269 e. The predicted octanol–water partition coefficient (Wildman–Crippen LogP) is 2.28. The fourth-order valence-electron chi connectivity index (χ4n) is 2.18. The summed E-state index contributed by atoms with van der Waals surface area (Å²) in [6.45, 7) is 1.99. The molecule has 0 fully saturated rings. The second kappa shape index (κ2) is 5.27. The second-order valence-electron chi connectivity index (χ2n) is 4.44. The molecule has 100 valence electrons. The second-order valence-corrected chi connectivity index (χ2v) is 4.44. The monoisotopic (exact) mass is 261 g/mol. The third-order valence-electron chi connectivity index (χ3n) is 3.14. The lowest BCUT2D eigenvalue weighted by atomic mass is 9.93. The molecule has 0 aromatic heterocycles. The summed E-state index contributed by atoms with van der Waals surface area (Å²) in [6.07, 6.45) is 3.70. The fourth-order valence-corrected chi connectivity index (χ4v) is 2.18. The summed E-state index contributed by atoms with van der Waals surface area (Å²) in [7, 11) is 0. The molecule has 1 aromatic carbocycles. The first kappa shape index (κ1) is 13.4. The lowest BCUT2D eigenvalue weighted by Gasteiger charge is -2.28. The number of aliphatic hydroxyl groups is 1. The summed E-state index contributed by atoms with van der Waals surface area (Å²) in [6, 6.07) is 5.84. The highest BCUT2D eigenvalue weighted by Gasteiger charge is 2.38. The topological polar surface area (TPSA) is 88.1 Å². The van der Waals surface area contributed by atoms with E-state index < -0.39 is 16.7 Å². The highest BCUT2D eigenvalue weighted by Crippen LogP contribution is 2.36. The highest BCUT2D eigenvalue weighted by molar-refractivity contribution is 6.17. The normalized spacial score (nSPS) is 17.6. The molecule has 1 aliphatic heterocycles. The molecule has 1 atom stereocenters. The van der Waals surface area contributed by atoms with Crippen LogP contribution in [0.15, 0.2) is 34.3 Å². The Kier molecular flexibility index (Phi) is 3.71. The third-order valence-corrected chi connectivity index (χ3v) is 3.14. The van der Waals surface area contributed by atoms with Gasteiger partial charge in [-0.15, -0.1) is 0 Å². The van der Waals surface area contributed by atoms with Crippen molar-refractivity contribution in [1.82, 2.24) is 0 Å². The molecule has 1 N–H and O–H groups in total. The average molecular weight is 261 g/mol. The maximum absolute atomic E-state index is 10.6. The Morgan fingerprint density at radius 3 is 2.37 bits per heavy atom. The number of benzene rings is 1. The maximum atomic E-state index is 10.6. The van der Waals surface area contributed by atoms with Crippen LogP contribution in [-0.4, -0.2) is 28.1 Å². The number of rotatable bonds is 5. The quantitative estimate of drug-likeness (QED) is 0.651. The molecule has 0 radical (unpaired) electrons. The van der Waals surface area contributed by atoms with Crippen LogP contribution in [0.1, 0.15) is 31.4 Å². The molecule has 0 spiro atoms. The number of non-ortho nitro benzene ring substituents is 1. The van der Waals surface area contributed by atoms with Gasteiger partial charge in [0.2, 0.25) is 0 Å². The number of nitro benzene ring substituents is 1. The van der Waals surface area contributed by atoms with E-state index in [0.29, 0.717) is 12.0 Å². The zero-order valence-corrected chi connectivity index (χ0v) is 10.6. The molecule has 6 heteroatoms. The van der Waals surface area contributed by atoms with Crippen LogP contribution in [0.25, 0.3) is 0 Å². The van der Waals surface area contributed by atoms with Crippen molar-refractivity contribution in [2.24, 2.45) is 9.98 Å². The number of hydrogen-bond donors (Lipinski definition) is 1. The molecule has 1 aliphatic rings. The van der Waals surface area contributed by atoms with Gasteiger partial charge in [0.15, 0.2) is 5.66 Å². The molecule has 1 heterocycles. The first-order chi connectivity index (χ1) is 9.09. The summed E-state index contributed by atoms with van der Waals surface area (Å²) in [5, 5.41) is 21.0. The molecule has 0 aliphatic carbocycles. The largest absolute Gasteiger partial charge is 0.384 e. The summed E-state index contributed by atoms with van der Waals surface area (Å²) in [5.74, 6) is 0. The van der Waals surface area contributed by atoms with E-state index in [0.717, 1.165) is 6.42 Å². The zero-order chi connectivity index (χ0) is 13.9. The molecular formula is C13H15N3O3. The molecule has 0 bridgehead atoms. The number of aliphatic imine (C=N–C) groups is 2. The van der Waals surface area contributed by atoms with E-state index in [4.69, 9.17) is 0 Å². The van der Waals surface area contributed by atoms with Gasteiger partial charge in [0, 0.05) is 24.6 Å². The van der Waals surface area contributed by atoms with Gasteiger partial charge >= 0.3 is 0 Å². The smallest absolute Gasteiger partial charge is 0.269 e. The van der Waals surface area contributed by atoms with Gasteiger partial charge in [0.25, 0.3) is 5.69 Å². The van der Waals surface area contributed by atoms with E-state index in [-0.39, 0.29) is 5.69 Å². The van der Waals surface area contributed by atoms with E-state index in [1.54, 1.807) is 24.6 Å². The number of hydrogen-bond acceptors (Lipinski definition) is 5. The van der Waals surface area contributed by atoms with Gasteiger partial charge in [-0.1, -0.05) is 13.3 Å². The van der Waals surface area contributed by atoms with Crippen LogP contribution in [0.2, 0.25) is 0 Å². The SMILES string of the molecule is CCCC1(C(O)c2ccc([N+](=O)[O-])cc2)N=CC=N1. The minimum atomic E-state index is -0.900. The van der Waals surface area contributed by atoms with E-state index in [9.17, 15) is 15.2 Å². The van der Waals surface area contributed by atoms with E-state index in [1.807, 2.05) is 6.92 Å². The summed E-state index contributed by atoms with van der Waals surface area (Å²) >= 11 is 0. The lowest BCUT2D eigenvalue weighted by molar-refractivity contribution is -0.384. The van der Waals surface area contributed by atoms with Gasteiger partial charge in [-0.05, 0) is 24.1 Å². The standard InChI is InChI=1S/C13H15N3O3/c1-2-7-13(14-8-9-15-13)12(17)10-3-5-11(6-4-10)16(18)19/h3-6,8-9,12,17H,2,7H2,1H3. The molecule has 19 heavy (non-hydrogen) atoms. The third kappa shape index (κ3) is 2.53. The van der Waals surface area contributed by atoms with Crippen molar-refractivity contribution in [1.29, 1.82) is 0 Å². The van der Waals surface area contributed by atoms with Crippen LogP contribution in [0.4, 0.5) is 5.69 Å². The predicted molar refractivity (Wildman–Crippen MR) is 72.7 cm³/mol. The average Bonchev–Trinajstić information content (AvgIpc) is 2.88. The first-order valence-electron chi connectivity index (χ1n) is 6.10. The van der Waals surface area contributed by atoms with Gasteiger partial charge < -0.3 is 5.11 Å². The molecule has 2 rings (SSSR count). The van der Waals surface area contributed by atoms with Crippen molar-refractivity contribution in [2.45, 2.75) is 31.5 Å². The van der Waals surface area contributed by atoms with Crippen molar-refractivity contribution >= 4 is 18.1 Å². The summed E-state index contributed by atoms with van der Waals surface area (Å²) in [5.41, 5.74) is -0.306. The Labute approximate surface area is 110 Å². The van der Waals surface area contributed by atoms with Crippen molar-refractivity contribution in [3.8, 4) is 0 Å². The lowest BCUT2D eigenvalue weighted by Crippen LogP contribution is -2.30. The number of aliphatic hydroxyl groups excluding tert-OH is 1. The fraction of sp³-hybridized carbons (Fsp3) is 0.385. The van der Waals surface area contributed by atoms with Crippen LogP contribution in [0.3, 0.4) is 0 Å². The summed E-state index contributed by atoms with van der Waals surface area (Å²) < 4.78 is 0. The number of nitro groups is 1. The summed E-state index contributed by atoms with van der Waals surface area (Å²) in [4.78, 5) is 18.7. The van der Waals surface area contributed by atoms with E-state index in [1.165, 1.54) is 12.1 Å². The van der Waals surface area contributed by atoms with Gasteiger partial charge in [-0.3, -0.25) is 20.1 Å². The van der Waals surface area contributed by atoms with Gasteiger partial charge in [-0.2, -0.15) is 0 Å². The van der Waals surface area contributed by atoms with Crippen molar-refractivity contribution in [3.63, 3.8) is 0 Å². The van der Waals surface area contributed by atoms with Gasteiger partial charge in [0.1, 0.15) is 6.10 Å². The van der Waals surface area contributed by atoms with Crippen LogP contribution in [-0.2, 0) is 0 Å². The van der Waals surface area contributed by atoms with E-state index >= 15 is 0 Å². The Morgan fingerprint density at radius 2 is 1.89 bits per heavy atom. The highest BCUT2D eigenvalue weighted by atomic mass is 16.6. The molecular weight excluding hydrogens is 246 g/mol. The molecule has 0 saturated heterocycles. The molecule has 6 nitrogen and oxygen atoms in total. The van der Waals surface area contributed by atoms with Crippen LogP contribution in [0.5, 0.6) is 0 Å². The van der Waals surface area contributed by atoms with Crippen LogP contribution >= 0.6 is 0 Å². The number of nitrogens with zero attached hydrogens (tertiary/aromatic N) is 3. The van der Waals surface area contributed by atoms with Crippen molar-refractivity contribution < 1.29 is 10.0 Å². The Morgan fingerprint density at radius 1 is 1.32 bits per heavy atom. The Hall–Kier alpha value is -2.08. The van der Waals surface area contributed by atoms with Crippen molar-refractivity contribution in [3.05, 3.63) is 39.9 Å². The molecule has 0 amide bonds. The Balaban J connectivity index is 2.27. The van der Waals surface area contributed by atoms with Crippen LogP contribution in [0, 0.1) is 10.1 Å². The molecule has 1 unspecified atom stereocenters. The minimum absolute atomic E-state index is 0.00100. The van der Waals surface area contributed by atoms with Crippen LogP contribution < -0.4 is 0 Å². The molecule has 0 saturated carbocycles. The van der Waals surface area contributed by atoms with Crippen molar-refractivity contribution in [2.75, 3.05) is 0 Å². The first-order valence-corrected chi connectivity index (χ1v) is 6.10.